The fourth-order valence-corrected chi connectivity index (χ4v) is 1.50. The third-order valence-electron chi connectivity index (χ3n) is 2.38. The minimum absolute atomic E-state index is 0.0405. The molecule has 7 nitrogen and oxygen atoms in total. The van der Waals surface area contributed by atoms with Gasteiger partial charge in [0.25, 0.3) is 11.6 Å². The van der Waals surface area contributed by atoms with Gasteiger partial charge in [0, 0.05) is 12.6 Å². The number of benzene rings is 1. The summed E-state index contributed by atoms with van der Waals surface area (Å²) in [7, 11) is 0. The SMILES string of the molecule is CCN(CC(=O)O)C(=O)c1cc(F)ccc1[N+](=O)[O-]. The van der Waals surface area contributed by atoms with E-state index in [2.05, 4.69) is 0 Å². The summed E-state index contributed by atoms with van der Waals surface area (Å²) < 4.78 is 13.1. The number of nitrogens with zero attached hydrogens (tertiary/aromatic N) is 2. The molecular weight excluding hydrogens is 259 g/mol. The first-order valence-electron chi connectivity index (χ1n) is 5.31. The largest absolute Gasteiger partial charge is 0.480 e. The van der Waals surface area contributed by atoms with Gasteiger partial charge < -0.3 is 10.0 Å². The van der Waals surface area contributed by atoms with Crippen LogP contribution in [0.5, 0.6) is 0 Å². The molecule has 0 fully saturated rings. The van der Waals surface area contributed by atoms with Gasteiger partial charge in [0.1, 0.15) is 17.9 Å². The monoisotopic (exact) mass is 270 g/mol. The Morgan fingerprint density at radius 3 is 2.58 bits per heavy atom. The van der Waals surface area contributed by atoms with E-state index in [1.54, 1.807) is 0 Å². The smallest absolute Gasteiger partial charge is 0.323 e. The van der Waals surface area contributed by atoms with Crippen molar-refractivity contribution >= 4 is 17.6 Å². The summed E-state index contributed by atoms with van der Waals surface area (Å²) >= 11 is 0. The lowest BCUT2D eigenvalue weighted by atomic mass is 10.1. The Bertz CT molecular complexity index is 532. The molecular formula is C11H11FN2O5. The zero-order valence-corrected chi connectivity index (χ0v) is 10.00. The standard InChI is InChI=1S/C11H11FN2O5/c1-2-13(6-10(15)16)11(17)8-5-7(12)3-4-9(8)14(18)19/h3-5H,2,6H2,1H3,(H,15,16). The van der Waals surface area contributed by atoms with Crippen LogP contribution in [0.4, 0.5) is 10.1 Å². The van der Waals surface area contributed by atoms with E-state index in [9.17, 15) is 24.1 Å². The molecule has 1 amide bonds. The maximum atomic E-state index is 13.1. The number of hydrogen-bond donors (Lipinski definition) is 1. The lowest BCUT2D eigenvalue weighted by Crippen LogP contribution is -2.35. The van der Waals surface area contributed by atoms with Crippen molar-refractivity contribution in [2.45, 2.75) is 6.92 Å². The van der Waals surface area contributed by atoms with Gasteiger partial charge in [-0.3, -0.25) is 19.7 Å². The van der Waals surface area contributed by atoms with Crippen molar-refractivity contribution in [1.82, 2.24) is 4.90 Å². The molecule has 0 aliphatic carbocycles. The molecule has 1 N–H and O–H groups in total. The number of hydrogen-bond acceptors (Lipinski definition) is 4. The molecule has 0 atom stereocenters. The number of halogens is 1. The van der Waals surface area contributed by atoms with Crippen LogP contribution >= 0.6 is 0 Å². The topological polar surface area (TPSA) is 101 Å². The molecule has 0 unspecified atom stereocenters. The van der Waals surface area contributed by atoms with Crippen LogP contribution in [0.25, 0.3) is 0 Å². The van der Waals surface area contributed by atoms with E-state index in [0.29, 0.717) is 0 Å². The molecule has 1 aromatic rings. The number of likely N-dealkylation sites (N-methyl/N-ethyl adjacent to an activating group) is 1. The number of amides is 1. The number of carboxylic acids is 1. The van der Waals surface area contributed by atoms with Crippen molar-refractivity contribution in [3.8, 4) is 0 Å². The zero-order valence-electron chi connectivity index (χ0n) is 10.00. The second kappa shape index (κ2) is 5.89. The molecule has 102 valence electrons. The summed E-state index contributed by atoms with van der Waals surface area (Å²) in [5.74, 6) is -2.95. The Kier molecular flexibility index (Phi) is 4.51. The van der Waals surface area contributed by atoms with Crippen molar-refractivity contribution < 1.29 is 24.0 Å². The van der Waals surface area contributed by atoms with Crippen LogP contribution in [-0.4, -0.2) is 39.9 Å². The summed E-state index contributed by atoms with van der Waals surface area (Å²) in [6.07, 6.45) is 0. The predicted molar refractivity (Wildman–Crippen MR) is 62.3 cm³/mol. The fourth-order valence-electron chi connectivity index (χ4n) is 1.50. The van der Waals surface area contributed by atoms with E-state index in [-0.39, 0.29) is 6.54 Å². The first-order valence-corrected chi connectivity index (χ1v) is 5.31. The Hall–Kier alpha value is -2.51. The number of nitro groups is 1. The van der Waals surface area contributed by atoms with Gasteiger partial charge in [-0.2, -0.15) is 0 Å². The molecule has 0 saturated carbocycles. The Labute approximate surface area is 107 Å². The number of carbonyl (C=O) groups is 2. The van der Waals surface area contributed by atoms with Crippen LogP contribution in [0, 0.1) is 15.9 Å². The molecule has 0 heterocycles. The van der Waals surface area contributed by atoms with E-state index in [1.165, 1.54) is 6.92 Å². The normalized spacial score (nSPS) is 10.0. The number of nitro benzene ring substituents is 1. The van der Waals surface area contributed by atoms with E-state index < -0.39 is 40.4 Å². The summed E-state index contributed by atoms with van der Waals surface area (Å²) in [6.45, 7) is 0.952. The highest BCUT2D eigenvalue weighted by molar-refractivity contribution is 5.99. The Morgan fingerprint density at radius 1 is 1.47 bits per heavy atom. The number of carboxylic acid groups (broad SMARTS) is 1. The van der Waals surface area contributed by atoms with Crippen molar-refractivity contribution in [3.05, 3.63) is 39.7 Å². The van der Waals surface area contributed by atoms with Crippen molar-refractivity contribution in [2.75, 3.05) is 13.1 Å². The number of carbonyl (C=O) groups excluding carboxylic acids is 1. The number of rotatable bonds is 5. The van der Waals surface area contributed by atoms with E-state index in [4.69, 9.17) is 5.11 Å². The average molecular weight is 270 g/mol. The van der Waals surface area contributed by atoms with Gasteiger partial charge in [0.2, 0.25) is 0 Å². The van der Waals surface area contributed by atoms with Gasteiger partial charge in [0.15, 0.2) is 0 Å². The highest BCUT2D eigenvalue weighted by Gasteiger charge is 2.25. The third kappa shape index (κ3) is 3.47. The molecule has 1 aromatic carbocycles. The average Bonchev–Trinajstić information content (AvgIpc) is 2.34. The zero-order chi connectivity index (χ0) is 14.6. The molecule has 0 bridgehead atoms. The first kappa shape index (κ1) is 14.6. The maximum absolute atomic E-state index is 13.1. The van der Waals surface area contributed by atoms with Crippen molar-refractivity contribution in [3.63, 3.8) is 0 Å². The van der Waals surface area contributed by atoms with Crippen LogP contribution in [0.3, 0.4) is 0 Å². The minimum Gasteiger partial charge on any atom is -0.480 e. The summed E-state index contributed by atoms with van der Waals surface area (Å²) in [5, 5.41) is 19.4. The minimum atomic E-state index is -1.26. The molecule has 19 heavy (non-hydrogen) atoms. The van der Waals surface area contributed by atoms with Gasteiger partial charge in [-0.25, -0.2) is 4.39 Å². The molecule has 0 aliphatic rings. The quantitative estimate of drug-likeness (QED) is 0.641. The molecule has 8 heteroatoms. The Balaban J connectivity index is 3.19. The molecule has 0 radical (unpaired) electrons. The summed E-state index contributed by atoms with van der Waals surface area (Å²) in [6, 6.07) is 2.46. The lowest BCUT2D eigenvalue weighted by Gasteiger charge is -2.18. The highest BCUT2D eigenvalue weighted by atomic mass is 19.1. The van der Waals surface area contributed by atoms with Crippen LogP contribution < -0.4 is 0 Å². The van der Waals surface area contributed by atoms with Gasteiger partial charge in [-0.1, -0.05) is 0 Å². The van der Waals surface area contributed by atoms with Gasteiger partial charge in [-0.15, -0.1) is 0 Å². The van der Waals surface area contributed by atoms with Crippen LogP contribution in [0.1, 0.15) is 17.3 Å². The second-order valence-corrected chi connectivity index (χ2v) is 3.63. The highest BCUT2D eigenvalue weighted by Crippen LogP contribution is 2.21. The van der Waals surface area contributed by atoms with Gasteiger partial charge in [-0.05, 0) is 19.1 Å². The lowest BCUT2D eigenvalue weighted by molar-refractivity contribution is -0.385. The van der Waals surface area contributed by atoms with Crippen molar-refractivity contribution in [2.24, 2.45) is 0 Å². The molecule has 0 spiro atoms. The maximum Gasteiger partial charge on any atom is 0.323 e. The molecule has 0 saturated heterocycles. The summed E-state index contributed by atoms with van der Waals surface area (Å²) in [5.41, 5.74) is -1.02. The van der Waals surface area contributed by atoms with Crippen molar-refractivity contribution in [1.29, 1.82) is 0 Å². The summed E-state index contributed by atoms with van der Waals surface area (Å²) in [4.78, 5) is 33.4. The second-order valence-electron chi connectivity index (χ2n) is 3.63. The first-order chi connectivity index (χ1) is 8.86. The molecule has 0 aromatic heterocycles. The van der Waals surface area contributed by atoms with E-state index in [1.807, 2.05) is 0 Å². The van der Waals surface area contributed by atoms with Gasteiger partial charge in [0.05, 0.1) is 4.92 Å². The molecule has 0 aliphatic heterocycles. The third-order valence-corrected chi connectivity index (χ3v) is 2.38. The predicted octanol–water partition coefficient (Wildman–Crippen LogP) is 1.28. The molecule has 1 rings (SSSR count). The van der Waals surface area contributed by atoms with Gasteiger partial charge >= 0.3 is 5.97 Å². The van der Waals surface area contributed by atoms with E-state index >= 15 is 0 Å². The van der Waals surface area contributed by atoms with Crippen LogP contribution in [0.2, 0.25) is 0 Å². The van der Waals surface area contributed by atoms with E-state index in [0.717, 1.165) is 23.1 Å². The van der Waals surface area contributed by atoms with Crippen LogP contribution in [-0.2, 0) is 4.79 Å². The van der Waals surface area contributed by atoms with Crippen LogP contribution in [0.15, 0.2) is 18.2 Å². The number of aliphatic carboxylic acids is 1. The fraction of sp³-hybridized carbons (Fsp3) is 0.273. The Morgan fingerprint density at radius 2 is 2.11 bits per heavy atom.